The molecule has 2 saturated heterocycles. The predicted molar refractivity (Wildman–Crippen MR) is 178 cm³/mol. The fourth-order valence-electron chi connectivity index (χ4n) is 7.14. The van der Waals surface area contributed by atoms with E-state index in [4.69, 9.17) is 5.11 Å². The quantitative estimate of drug-likeness (QED) is 0.0808. The lowest BCUT2D eigenvalue weighted by atomic mass is 9.87. The number of aliphatic hydroxyl groups is 3. The van der Waals surface area contributed by atoms with Gasteiger partial charge in [0, 0.05) is 63.2 Å². The van der Waals surface area contributed by atoms with Gasteiger partial charge in [0.1, 0.15) is 0 Å². The molecule has 4 atom stereocenters. The summed E-state index contributed by atoms with van der Waals surface area (Å²) < 4.78 is 0. The molecule has 0 radical (unpaired) electrons. The smallest absolute Gasteiger partial charge is 0.317 e. The minimum Gasteiger partial charge on any atom is -0.480 e. The van der Waals surface area contributed by atoms with Crippen LogP contribution in [0.2, 0.25) is 0 Å². The van der Waals surface area contributed by atoms with Crippen LogP contribution in [0.5, 0.6) is 0 Å². The molecule has 1 saturated carbocycles. The van der Waals surface area contributed by atoms with Gasteiger partial charge in [-0.2, -0.15) is 0 Å². The summed E-state index contributed by atoms with van der Waals surface area (Å²) in [6, 6.07) is -0.988. The van der Waals surface area contributed by atoms with Gasteiger partial charge >= 0.3 is 11.9 Å². The van der Waals surface area contributed by atoms with Gasteiger partial charge in [0.25, 0.3) is 0 Å². The highest BCUT2D eigenvalue weighted by atomic mass is 16.4. The molecule has 3 rings (SSSR count). The van der Waals surface area contributed by atoms with Gasteiger partial charge in [0.2, 0.25) is 23.6 Å². The average Bonchev–Trinajstić information content (AvgIpc) is 3.11. The molecule has 0 spiro atoms. The van der Waals surface area contributed by atoms with E-state index in [2.05, 4.69) is 10.6 Å². The number of aliphatic hydroxyl groups excluding tert-OH is 3. The molecule has 1 aliphatic carbocycles. The molecule has 4 unspecified atom stereocenters. The van der Waals surface area contributed by atoms with Gasteiger partial charge in [-0.05, 0) is 44.9 Å². The molecule has 3 aliphatic rings. The van der Waals surface area contributed by atoms with Crippen LogP contribution in [0.15, 0.2) is 0 Å². The number of rotatable bonds is 18. The Kier molecular flexibility index (Phi) is 16.8. The van der Waals surface area contributed by atoms with E-state index < -0.39 is 55.9 Å². The molecule has 0 aromatic heterocycles. The van der Waals surface area contributed by atoms with Crippen LogP contribution in [0, 0.1) is 11.8 Å². The second-order valence-electron chi connectivity index (χ2n) is 13.7. The number of amides is 4. The zero-order chi connectivity index (χ0) is 36.8. The summed E-state index contributed by atoms with van der Waals surface area (Å²) in [5.41, 5.74) is 0. The van der Waals surface area contributed by atoms with E-state index in [1.165, 1.54) is 0 Å². The number of carbonyl (C=O) groups is 6. The number of piperidine rings is 2. The maximum absolute atomic E-state index is 13.5. The lowest BCUT2D eigenvalue weighted by molar-refractivity contribution is -0.147. The molecule has 0 aromatic carbocycles. The van der Waals surface area contributed by atoms with E-state index >= 15 is 0 Å². The molecular formula is C33H56N6O11. The summed E-state index contributed by atoms with van der Waals surface area (Å²) in [5.74, 6) is -3.96. The number of carboxylic acid groups (broad SMARTS) is 2. The first-order valence-electron chi connectivity index (χ1n) is 17.8. The SMILES string of the molecule is CCC(O)CNC(=O)C1CCN(C(=O)CN(CC(=O)O)C2CCCCC2N(CC(=O)O)CC(=O)N2CCC(C(=O)NCC(O)CO)CC2)CC1. The van der Waals surface area contributed by atoms with Gasteiger partial charge in [-0.15, -0.1) is 0 Å². The first kappa shape index (κ1) is 41.0. The molecule has 17 nitrogen and oxygen atoms in total. The number of hydrogen-bond acceptors (Lipinski definition) is 11. The maximum atomic E-state index is 13.5. The summed E-state index contributed by atoms with van der Waals surface area (Å²) in [4.78, 5) is 82.4. The van der Waals surface area contributed by atoms with Gasteiger partial charge < -0.3 is 46.0 Å². The lowest BCUT2D eigenvalue weighted by Crippen LogP contribution is -2.59. The molecule has 7 N–H and O–H groups in total. The summed E-state index contributed by atoms with van der Waals surface area (Å²) in [5, 5.41) is 53.2. The molecular weight excluding hydrogens is 656 g/mol. The van der Waals surface area contributed by atoms with E-state index in [-0.39, 0.29) is 74.7 Å². The number of nitrogens with zero attached hydrogens (tertiary/aromatic N) is 4. The molecule has 2 heterocycles. The lowest BCUT2D eigenvalue weighted by Gasteiger charge is -2.45. The number of carboxylic acids is 2. The Morgan fingerprint density at radius 3 is 1.36 bits per heavy atom. The Balaban J connectivity index is 1.63. The Bertz CT molecular complexity index is 1070. The molecule has 2 aliphatic heterocycles. The first-order valence-corrected chi connectivity index (χ1v) is 17.8. The molecule has 0 aromatic rings. The van der Waals surface area contributed by atoms with Crippen LogP contribution in [0.4, 0.5) is 0 Å². The van der Waals surface area contributed by atoms with E-state index in [0.717, 1.165) is 12.8 Å². The van der Waals surface area contributed by atoms with E-state index in [1.807, 2.05) is 6.92 Å². The Hall–Kier alpha value is -3.38. The number of aliphatic carboxylic acids is 2. The van der Waals surface area contributed by atoms with Gasteiger partial charge in [-0.25, -0.2) is 0 Å². The number of likely N-dealkylation sites (tertiary alicyclic amines) is 2. The summed E-state index contributed by atoms with van der Waals surface area (Å²) in [6.07, 6.45) is 3.03. The van der Waals surface area contributed by atoms with E-state index in [1.54, 1.807) is 19.6 Å². The highest BCUT2D eigenvalue weighted by Crippen LogP contribution is 2.29. The van der Waals surface area contributed by atoms with Crippen molar-refractivity contribution in [3.05, 3.63) is 0 Å². The molecule has 4 amide bonds. The van der Waals surface area contributed by atoms with Crippen LogP contribution in [0.25, 0.3) is 0 Å². The van der Waals surface area contributed by atoms with Crippen LogP contribution in [-0.4, -0.2) is 177 Å². The fraction of sp³-hybridized carbons (Fsp3) is 0.818. The van der Waals surface area contributed by atoms with Crippen molar-refractivity contribution in [3.8, 4) is 0 Å². The number of hydrogen-bond donors (Lipinski definition) is 7. The summed E-state index contributed by atoms with van der Waals surface area (Å²) >= 11 is 0. The maximum Gasteiger partial charge on any atom is 0.317 e. The number of carbonyl (C=O) groups excluding carboxylic acids is 4. The van der Waals surface area contributed by atoms with Crippen molar-refractivity contribution in [2.45, 2.75) is 89.0 Å². The average molecular weight is 713 g/mol. The zero-order valence-electron chi connectivity index (χ0n) is 29.1. The topological polar surface area (TPSA) is 241 Å². The van der Waals surface area contributed by atoms with Crippen molar-refractivity contribution in [1.29, 1.82) is 0 Å². The van der Waals surface area contributed by atoms with Crippen molar-refractivity contribution >= 4 is 35.6 Å². The Morgan fingerprint density at radius 2 is 1.02 bits per heavy atom. The van der Waals surface area contributed by atoms with Crippen molar-refractivity contribution in [3.63, 3.8) is 0 Å². The second kappa shape index (κ2) is 20.5. The molecule has 284 valence electrons. The summed E-state index contributed by atoms with van der Waals surface area (Å²) in [7, 11) is 0. The third-order valence-electron chi connectivity index (χ3n) is 10.1. The van der Waals surface area contributed by atoms with Crippen molar-refractivity contribution in [1.82, 2.24) is 30.2 Å². The van der Waals surface area contributed by atoms with Crippen LogP contribution in [-0.2, 0) is 28.8 Å². The third kappa shape index (κ3) is 12.7. The predicted octanol–water partition coefficient (Wildman–Crippen LogP) is -2.10. The number of nitrogens with one attached hydrogen (secondary N) is 2. The molecule has 0 bridgehead atoms. The normalized spacial score (nSPS) is 21.9. The van der Waals surface area contributed by atoms with Crippen molar-refractivity contribution in [2.24, 2.45) is 11.8 Å². The largest absolute Gasteiger partial charge is 0.480 e. The highest BCUT2D eigenvalue weighted by molar-refractivity contribution is 5.82. The third-order valence-corrected chi connectivity index (χ3v) is 10.1. The fourth-order valence-corrected chi connectivity index (χ4v) is 7.14. The monoisotopic (exact) mass is 712 g/mol. The minimum absolute atomic E-state index is 0.0749. The second-order valence-corrected chi connectivity index (χ2v) is 13.7. The minimum atomic E-state index is -1.14. The van der Waals surface area contributed by atoms with Gasteiger partial charge in [-0.3, -0.25) is 38.6 Å². The molecule has 50 heavy (non-hydrogen) atoms. The Morgan fingerprint density at radius 1 is 0.640 bits per heavy atom. The van der Waals surface area contributed by atoms with Gasteiger partial charge in [-0.1, -0.05) is 19.8 Å². The van der Waals surface area contributed by atoms with Gasteiger partial charge in [0.15, 0.2) is 0 Å². The van der Waals surface area contributed by atoms with Crippen LogP contribution < -0.4 is 10.6 Å². The molecule has 17 heteroatoms. The Labute approximate surface area is 292 Å². The van der Waals surface area contributed by atoms with E-state index in [9.17, 15) is 49.2 Å². The highest BCUT2D eigenvalue weighted by Gasteiger charge is 2.39. The van der Waals surface area contributed by atoms with Crippen LogP contribution in [0.3, 0.4) is 0 Å². The van der Waals surface area contributed by atoms with Crippen molar-refractivity contribution in [2.75, 3.05) is 72.1 Å². The molecule has 3 fully saturated rings. The van der Waals surface area contributed by atoms with E-state index in [0.29, 0.717) is 58.0 Å². The van der Waals surface area contributed by atoms with Crippen LogP contribution >= 0.6 is 0 Å². The summed E-state index contributed by atoms with van der Waals surface area (Å²) in [6.45, 7) is 1.36. The van der Waals surface area contributed by atoms with Crippen molar-refractivity contribution < 1.29 is 54.3 Å². The van der Waals surface area contributed by atoms with Gasteiger partial charge in [0.05, 0.1) is 45.0 Å². The standard InChI is InChI=1S/C33H56N6O11/c1-2-24(41)15-34-32(49)22-7-11-36(12-8-22)28(43)17-38(19-30(45)46)26-5-3-4-6-27(26)39(20-31(47)48)18-29(44)37-13-9-23(10-14-37)33(50)35-16-25(42)21-40/h22-27,40-42H,2-21H2,1H3,(H,34,49)(H,35,50)(H,45,46)(H,47,48). The van der Waals surface area contributed by atoms with Crippen LogP contribution in [0.1, 0.15) is 64.7 Å². The first-order chi connectivity index (χ1) is 23.8. The zero-order valence-corrected chi connectivity index (χ0v) is 29.1.